The minimum atomic E-state index is 0.226. The molecule has 0 radical (unpaired) electrons. The Balaban J connectivity index is 1.70. The summed E-state index contributed by atoms with van der Waals surface area (Å²) in [5, 5.41) is 4.07. The molecule has 1 saturated heterocycles. The van der Waals surface area contributed by atoms with Crippen LogP contribution in [0.3, 0.4) is 0 Å². The molecular weight excluding hydrogens is 282 g/mol. The summed E-state index contributed by atoms with van der Waals surface area (Å²) in [5.74, 6) is 1.99. The molecule has 2 atom stereocenters. The Hall–Kier alpha value is -1.92. The number of aromatic nitrogens is 2. The molecule has 2 unspecified atom stereocenters. The fraction of sp³-hybridized carbons (Fsp3) is 0.500. The molecule has 0 N–H and O–H groups in total. The van der Waals surface area contributed by atoms with E-state index < -0.39 is 0 Å². The molecule has 6 nitrogen and oxygen atoms in total. The second-order valence-electron chi connectivity index (χ2n) is 5.70. The summed E-state index contributed by atoms with van der Waals surface area (Å²) >= 11 is 0. The zero-order chi connectivity index (χ0) is 15.5. The molecule has 0 spiro atoms. The SMILES string of the molecule is COc1cccc(-c2noc(CN3CC(C)OC(C)C3)n2)c1. The van der Waals surface area contributed by atoms with Gasteiger partial charge in [-0.25, -0.2) is 0 Å². The second-order valence-corrected chi connectivity index (χ2v) is 5.70. The number of hydrogen-bond donors (Lipinski definition) is 0. The van der Waals surface area contributed by atoms with Gasteiger partial charge < -0.3 is 14.0 Å². The minimum Gasteiger partial charge on any atom is -0.497 e. The molecule has 1 aromatic carbocycles. The van der Waals surface area contributed by atoms with Crippen LogP contribution in [0.5, 0.6) is 5.75 Å². The van der Waals surface area contributed by atoms with Gasteiger partial charge >= 0.3 is 0 Å². The zero-order valence-electron chi connectivity index (χ0n) is 13.2. The van der Waals surface area contributed by atoms with Crippen LogP contribution in [0, 0.1) is 0 Å². The van der Waals surface area contributed by atoms with Gasteiger partial charge in [0.15, 0.2) is 0 Å². The van der Waals surface area contributed by atoms with E-state index in [2.05, 4.69) is 28.9 Å². The van der Waals surface area contributed by atoms with Crippen LogP contribution < -0.4 is 4.74 Å². The summed E-state index contributed by atoms with van der Waals surface area (Å²) in [5.41, 5.74) is 0.887. The second kappa shape index (κ2) is 6.46. The molecule has 0 bridgehead atoms. The van der Waals surface area contributed by atoms with Gasteiger partial charge in [-0.05, 0) is 26.0 Å². The van der Waals surface area contributed by atoms with Gasteiger partial charge in [-0.15, -0.1) is 0 Å². The first kappa shape index (κ1) is 15.0. The van der Waals surface area contributed by atoms with E-state index in [4.69, 9.17) is 14.0 Å². The van der Waals surface area contributed by atoms with Gasteiger partial charge in [0.05, 0.1) is 25.9 Å². The van der Waals surface area contributed by atoms with Crippen molar-refractivity contribution >= 4 is 0 Å². The third-order valence-electron chi connectivity index (χ3n) is 3.65. The van der Waals surface area contributed by atoms with Gasteiger partial charge in [-0.2, -0.15) is 4.98 Å². The van der Waals surface area contributed by atoms with Crippen molar-refractivity contribution in [1.29, 1.82) is 0 Å². The van der Waals surface area contributed by atoms with Crippen molar-refractivity contribution in [2.45, 2.75) is 32.6 Å². The Bertz CT molecular complexity index is 619. The van der Waals surface area contributed by atoms with Crippen LogP contribution in [-0.2, 0) is 11.3 Å². The molecule has 118 valence electrons. The third-order valence-corrected chi connectivity index (χ3v) is 3.65. The third kappa shape index (κ3) is 3.45. The topological polar surface area (TPSA) is 60.6 Å². The van der Waals surface area contributed by atoms with E-state index in [9.17, 15) is 0 Å². The average Bonchev–Trinajstić information content (AvgIpc) is 2.95. The predicted octanol–water partition coefficient (Wildman–Crippen LogP) is 2.35. The number of morpholine rings is 1. The quantitative estimate of drug-likeness (QED) is 0.864. The molecule has 0 aliphatic carbocycles. The first-order valence-electron chi connectivity index (χ1n) is 7.49. The highest BCUT2D eigenvalue weighted by molar-refractivity contribution is 5.56. The van der Waals surface area contributed by atoms with Crippen LogP contribution in [0.15, 0.2) is 28.8 Å². The van der Waals surface area contributed by atoms with Crippen LogP contribution in [0.25, 0.3) is 11.4 Å². The lowest BCUT2D eigenvalue weighted by Gasteiger charge is -2.34. The van der Waals surface area contributed by atoms with Crippen LogP contribution >= 0.6 is 0 Å². The van der Waals surface area contributed by atoms with Crippen LogP contribution in [0.4, 0.5) is 0 Å². The lowest BCUT2D eigenvalue weighted by molar-refractivity contribution is -0.0725. The van der Waals surface area contributed by atoms with E-state index >= 15 is 0 Å². The molecule has 1 aliphatic heterocycles. The fourth-order valence-corrected chi connectivity index (χ4v) is 2.80. The molecule has 2 heterocycles. The first-order chi connectivity index (χ1) is 10.6. The highest BCUT2D eigenvalue weighted by atomic mass is 16.5. The van der Waals surface area contributed by atoms with Gasteiger partial charge in [0.1, 0.15) is 5.75 Å². The van der Waals surface area contributed by atoms with Gasteiger partial charge in [0.2, 0.25) is 11.7 Å². The summed E-state index contributed by atoms with van der Waals surface area (Å²) in [6.45, 7) is 6.56. The van der Waals surface area contributed by atoms with Crippen LogP contribution in [-0.4, -0.2) is 47.4 Å². The molecule has 3 rings (SSSR count). The maximum absolute atomic E-state index is 5.73. The highest BCUT2D eigenvalue weighted by Gasteiger charge is 2.23. The maximum atomic E-state index is 5.73. The van der Waals surface area contributed by atoms with Crippen LogP contribution in [0.1, 0.15) is 19.7 Å². The molecule has 2 aromatic rings. The summed E-state index contributed by atoms with van der Waals surface area (Å²) in [7, 11) is 1.64. The van der Waals surface area contributed by atoms with E-state index in [1.54, 1.807) is 7.11 Å². The van der Waals surface area contributed by atoms with E-state index in [1.807, 2.05) is 24.3 Å². The Kier molecular flexibility index (Phi) is 4.40. The molecule has 1 aliphatic rings. The summed E-state index contributed by atoms with van der Waals surface area (Å²) < 4.78 is 16.3. The lowest BCUT2D eigenvalue weighted by Crippen LogP contribution is -2.44. The normalized spacial score (nSPS) is 22.7. The lowest BCUT2D eigenvalue weighted by atomic mass is 10.2. The number of rotatable bonds is 4. The van der Waals surface area contributed by atoms with Gasteiger partial charge in [0.25, 0.3) is 0 Å². The van der Waals surface area contributed by atoms with Crippen molar-refractivity contribution in [2.75, 3.05) is 20.2 Å². The smallest absolute Gasteiger partial charge is 0.241 e. The predicted molar refractivity (Wildman–Crippen MR) is 81.6 cm³/mol. The Morgan fingerprint density at radius 1 is 1.27 bits per heavy atom. The molecule has 1 aromatic heterocycles. The Morgan fingerprint density at radius 3 is 2.77 bits per heavy atom. The first-order valence-corrected chi connectivity index (χ1v) is 7.49. The minimum absolute atomic E-state index is 0.226. The average molecular weight is 303 g/mol. The molecule has 0 saturated carbocycles. The Morgan fingerprint density at radius 2 is 2.05 bits per heavy atom. The molecular formula is C16H21N3O3. The highest BCUT2D eigenvalue weighted by Crippen LogP contribution is 2.22. The zero-order valence-corrected chi connectivity index (χ0v) is 13.2. The van der Waals surface area contributed by atoms with Gasteiger partial charge in [-0.1, -0.05) is 17.3 Å². The number of nitrogens with zero attached hydrogens (tertiary/aromatic N) is 3. The molecule has 1 fully saturated rings. The van der Waals surface area contributed by atoms with Gasteiger partial charge in [-0.3, -0.25) is 4.90 Å². The molecule has 22 heavy (non-hydrogen) atoms. The maximum Gasteiger partial charge on any atom is 0.241 e. The van der Waals surface area contributed by atoms with Crippen molar-refractivity contribution in [1.82, 2.24) is 15.0 Å². The monoisotopic (exact) mass is 303 g/mol. The summed E-state index contributed by atoms with van der Waals surface area (Å²) in [6, 6.07) is 7.64. The number of methoxy groups -OCH3 is 1. The van der Waals surface area contributed by atoms with E-state index in [-0.39, 0.29) is 12.2 Å². The summed E-state index contributed by atoms with van der Waals surface area (Å²) in [4.78, 5) is 6.76. The van der Waals surface area contributed by atoms with Crippen molar-refractivity contribution in [3.05, 3.63) is 30.2 Å². The van der Waals surface area contributed by atoms with E-state index in [1.165, 1.54) is 0 Å². The number of hydrogen-bond acceptors (Lipinski definition) is 6. The molecule has 0 amide bonds. The summed E-state index contributed by atoms with van der Waals surface area (Å²) in [6.07, 6.45) is 0.453. The standard InChI is InChI=1S/C16H21N3O3/c1-11-8-19(9-12(2)21-11)10-15-17-16(18-22-15)13-5-4-6-14(7-13)20-3/h4-7,11-12H,8-10H2,1-3H3. The Labute approximate surface area is 130 Å². The number of ether oxygens (including phenoxy) is 2. The van der Waals surface area contributed by atoms with Crippen molar-refractivity contribution < 1.29 is 14.0 Å². The number of benzene rings is 1. The van der Waals surface area contributed by atoms with Gasteiger partial charge in [0, 0.05) is 18.7 Å². The van der Waals surface area contributed by atoms with Crippen molar-refractivity contribution in [3.63, 3.8) is 0 Å². The van der Waals surface area contributed by atoms with E-state index in [0.29, 0.717) is 18.3 Å². The van der Waals surface area contributed by atoms with Crippen LogP contribution in [0.2, 0.25) is 0 Å². The largest absolute Gasteiger partial charge is 0.497 e. The van der Waals surface area contributed by atoms with E-state index in [0.717, 1.165) is 24.4 Å². The van der Waals surface area contributed by atoms with Crippen molar-refractivity contribution in [3.8, 4) is 17.1 Å². The molecule has 6 heteroatoms. The van der Waals surface area contributed by atoms with Crippen molar-refractivity contribution in [2.24, 2.45) is 0 Å². The fourth-order valence-electron chi connectivity index (χ4n) is 2.80.